The van der Waals surface area contributed by atoms with Crippen LogP contribution in [0.4, 0.5) is 0 Å². The Labute approximate surface area is 176 Å². The minimum atomic E-state index is -0.421. The molecule has 0 saturated heterocycles. The smallest absolute Gasteiger partial charge is 0.239 e. The van der Waals surface area contributed by atoms with Gasteiger partial charge in [-0.05, 0) is 37.1 Å². The Hall–Kier alpha value is -2.49. The van der Waals surface area contributed by atoms with Gasteiger partial charge in [-0.15, -0.1) is 0 Å². The molecule has 3 aromatic carbocycles. The number of amides is 1. The van der Waals surface area contributed by atoms with Gasteiger partial charge in [0.05, 0.1) is 5.92 Å². The molecule has 0 aliphatic carbocycles. The molecule has 28 heavy (non-hydrogen) atoms. The standard InChI is InChI=1S/C24H22ClNOS/c1-17(2)26(24(28)20-13-15-21(25)16-14-20)23(27)22(18-9-5-3-6-10-18)19-11-7-4-8-12-19/h3-17,22H,1-2H3. The van der Waals surface area contributed by atoms with Crippen molar-refractivity contribution in [3.63, 3.8) is 0 Å². The fourth-order valence-electron chi connectivity index (χ4n) is 3.23. The Bertz CT molecular complexity index is 900. The second-order valence-corrected chi connectivity index (χ2v) is 7.69. The molecule has 3 aromatic rings. The monoisotopic (exact) mass is 407 g/mol. The van der Waals surface area contributed by atoms with Crippen molar-refractivity contribution >= 4 is 34.7 Å². The van der Waals surface area contributed by atoms with Gasteiger partial charge >= 0.3 is 0 Å². The number of benzene rings is 3. The molecule has 0 radical (unpaired) electrons. The van der Waals surface area contributed by atoms with Gasteiger partial charge in [-0.25, -0.2) is 0 Å². The lowest BCUT2D eigenvalue weighted by atomic mass is 9.89. The summed E-state index contributed by atoms with van der Waals surface area (Å²) in [7, 11) is 0. The SMILES string of the molecule is CC(C)N(C(=O)C(c1ccccc1)c1ccccc1)C(=S)c1ccc(Cl)cc1. The Morgan fingerprint density at radius 1 is 0.821 bits per heavy atom. The van der Waals surface area contributed by atoms with Crippen molar-refractivity contribution in [2.75, 3.05) is 0 Å². The summed E-state index contributed by atoms with van der Waals surface area (Å²) in [6.45, 7) is 3.96. The second kappa shape index (κ2) is 9.13. The number of nitrogens with zero attached hydrogens (tertiary/aromatic N) is 1. The molecule has 2 nitrogen and oxygen atoms in total. The number of carbonyl (C=O) groups is 1. The summed E-state index contributed by atoms with van der Waals surface area (Å²) < 4.78 is 0. The van der Waals surface area contributed by atoms with Crippen molar-refractivity contribution in [1.82, 2.24) is 4.90 Å². The zero-order valence-corrected chi connectivity index (χ0v) is 17.5. The van der Waals surface area contributed by atoms with Gasteiger partial charge in [-0.3, -0.25) is 9.69 Å². The van der Waals surface area contributed by atoms with Gasteiger partial charge in [0.1, 0.15) is 4.99 Å². The lowest BCUT2D eigenvalue weighted by Gasteiger charge is -2.31. The van der Waals surface area contributed by atoms with E-state index in [9.17, 15) is 4.79 Å². The highest BCUT2D eigenvalue weighted by molar-refractivity contribution is 7.80. The molecule has 0 saturated carbocycles. The van der Waals surface area contributed by atoms with Gasteiger partial charge in [0.2, 0.25) is 5.91 Å². The van der Waals surface area contributed by atoms with Crippen LogP contribution in [0.2, 0.25) is 5.02 Å². The molecule has 0 aliphatic heterocycles. The fourth-order valence-corrected chi connectivity index (χ4v) is 3.79. The van der Waals surface area contributed by atoms with Crippen LogP contribution < -0.4 is 0 Å². The quantitative estimate of drug-likeness (QED) is 0.477. The topological polar surface area (TPSA) is 20.3 Å². The maximum Gasteiger partial charge on any atom is 0.239 e. The van der Waals surface area contributed by atoms with Crippen LogP contribution in [0.5, 0.6) is 0 Å². The van der Waals surface area contributed by atoms with Gasteiger partial charge in [0.15, 0.2) is 0 Å². The molecule has 0 aliphatic rings. The Kier molecular flexibility index (Phi) is 6.61. The third kappa shape index (κ3) is 4.49. The van der Waals surface area contributed by atoms with Gasteiger partial charge in [-0.2, -0.15) is 0 Å². The van der Waals surface area contributed by atoms with Crippen LogP contribution in [-0.2, 0) is 4.79 Å². The van der Waals surface area contributed by atoms with E-state index in [4.69, 9.17) is 23.8 Å². The molecule has 0 aromatic heterocycles. The average Bonchev–Trinajstić information content (AvgIpc) is 2.70. The van der Waals surface area contributed by atoms with E-state index in [1.807, 2.05) is 86.6 Å². The van der Waals surface area contributed by atoms with Crippen LogP contribution in [0.3, 0.4) is 0 Å². The van der Waals surface area contributed by atoms with Gasteiger partial charge < -0.3 is 0 Å². The number of carbonyl (C=O) groups excluding carboxylic acids is 1. The highest BCUT2D eigenvalue weighted by Crippen LogP contribution is 2.29. The molecule has 0 atom stereocenters. The first-order chi connectivity index (χ1) is 13.5. The summed E-state index contributed by atoms with van der Waals surface area (Å²) >= 11 is 11.7. The Morgan fingerprint density at radius 2 is 1.29 bits per heavy atom. The van der Waals surface area contributed by atoms with Crippen LogP contribution >= 0.6 is 23.8 Å². The first-order valence-corrected chi connectivity index (χ1v) is 10.0. The van der Waals surface area contributed by atoms with Crippen LogP contribution in [0.1, 0.15) is 36.5 Å². The number of hydrogen-bond donors (Lipinski definition) is 0. The molecular weight excluding hydrogens is 386 g/mol. The molecule has 0 bridgehead atoms. The van der Waals surface area contributed by atoms with E-state index in [-0.39, 0.29) is 11.9 Å². The summed E-state index contributed by atoms with van der Waals surface area (Å²) in [5.41, 5.74) is 2.70. The van der Waals surface area contributed by atoms with Crippen molar-refractivity contribution in [2.24, 2.45) is 0 Å². The first-order valence-electron chi connectivity index (χ1n) is 9.22. The molecule has 4 heteroatoms. The molecule has 0 spiro atoms. The van der Waals surface area contributed by atoms with Crippen LogP contribution in [0, 0.1) is 0 Å². The van der Waals surface area contributed by atoms with E-state index in [0.717, 1.165) is 16.7 Å². The predicted octanol–water partition coefficient (Wildman–Crippen LogP) is 6.08. The van der Waals surface area contributed by atoms with E-state index in [0.29, 0.717) is 10.0 Å². The first kappa shape index (κ1) is 20.2. The van der Waals surface area contributed by atoms with Crippen molar-refractivity contribution in [1.29, 1.82) is 0 Å². The minimum absolute atomic E-state index is 0.0349. The Morgan fingerprint density at radius 3 is 1.71 bits per heavy atom. The maximum absolute atomic E-state index is 13.8. The van der Waals surface area contributed by atoms with Crippen LogP contribution in [0.15, 0.2) is 84.9 Å². The van der Waals surface area contributed by atoms with Crippen LogP contribution in [0.25, 0.3) is 0 Å². The van der Waals surface area contributed by atoms with Gasteiger partial charge in [-0.1, -0.05) is 96.6 Å². The molecule has 1 amide bonds. The molecule has 0 N–H and O–H groups in total. The molecule has 142 valence electrons. The zero-order valence-electron chi connectivity index (χ0n) is 15.9. The van der Waals surface area contributed by atoms with Crippen molar-refractivity contribution < 1.29 is 4.79 Å². The maximum atomic E-state index is 13.8. The number of halogens is 1. The van der Waals surface area contributed by atoms with Gasteiger partial charge in [0.25, 0.3) is 0 Å². The summed E-state index contributed by atoms with van der Waals surface area (Å²) in [6, 6.07) is 26.9. The van der Waals surface area contributed by atoms with E-state index < -0.39 is 5.92 Å². The highest BCUT2D eigenvalue weighted by Gasteiger charge is 2.31. The lowest BCUT2D eigenvalue weighted by molar-refractivity contribution is -0.129. The normalized spacial score (nSPS) is 10.9. The summed E-state index contributed by atoms with van der Waals surface area (Å²) in [4.78, 5) is 16.0. The molecule has 0 heterocycles. The second-order valence-electron chi connectivity index (χ2n) is 6.87. The minimum Gasteiger partial charge on any atom is -0.299 e. The number of thiocarbonyl (C=S) groups is 1. The largest absolute Gasteiger partial charge is 0.299 e. The predicted molar refractivity (Wildman–Crippen MR) is 120 cm³/mol. The van der Waals surface area contributed by atoms with E-state index in [1.54, 1.807) is 17.0 Å². The number of hydrogen-bond acceptors (Lipinski definition) is 2. The molecule has 3 rings (SSSR count). The summed E-state index contributed by atoms with van der Waals surface area (Å²) in [6.07, 6.45) is 0. The fraction of sp³-hybridized carbons (Fsp3) is 0.167. The third-order valence-electron chi connectivity index (χ3n) is 4.58. The van der Waals surface area contributed by atoms with E-state index in [2.05, 4.69) is 0 Å². The highest BCUT2D eigenvalue weighted by atomic mass is 35.5. The van der Waals surface area contributed by atoms with Crippen molar-refractivity contribution in [3.05, 3.63) is 107 Å². The summed E-state index contributed by atoms with van der Waals surface area (Å²) in [5, 5.41) is 0.639. The summed E-state index contributed by atoms with van der Waals surface area (Å²) in [5.74, 6) is -0.456. The van der Waals surface area contributed by atoms with E-state index >= 15 is 0 Å². The van der Waals surface area contributed by atoms with E-state index in [1.165, 1.54) is 0 Å². The van der Waals surface area contributed by atoms with Crippen LogP contribution in [-0.4, -0.2) is 21.8 Å². The third-order valence-corrected chi connectivity index (χ3v) is 5.26. The Balaban J connectivity index is 2.04. The lowest BCUT2D eigenvalue weighted by Crippen LogP contribution is -2.44. The van der Waals surface area contributed by atoms with Gasteiger partial charge in [0, 0.05) is 16.6 Å². The average molecular weight is 408 g/mol. The molecule has 0 unspecified atom stereocenters. The number of rotatable bonds is 5. The van der Waals surface area contributed by atoms with Crippen molar-refractivity contribution in [2.45, 2.75) is 25.8 Å². The zero-order chi connectivity index (χ0) is 20.1. The van der Waals surface area contributed by atoms with Crippen molar-refractivity contribution in [3.8, 4) is 0 Å². The molecule has 0 fully saturated rings. The molecular formula is C24H22ClNOS.